The van der Waals surface area contributed by atoms with E-state index in [1.165, 1.54) is 6.20 Å². The Hall–Kier alpha value is -1.62. The number of primary amides is 1. The van der Waals surface area contributed by atoms with Crippen LogP contribution in [0.15, 0.2) is 18.3 Å². The standard InChI is InChI=1S/C12H17N3O2/c1-8-9(4-5-17-8)6-14-11-3-2-10(7-15-11)12(13)16/h2-3,7-9H,4-6H2,1H3,(H2,13,16)(H,14,15). The molecule has 92 valence electrons. The van der Waals surface area contributed by atoms with Crippen molar-refractivity contribution in [3.05, 3.63) is 23.9 Å². The first kappa shape index (κ1) is 11.9. The van der Waals surface area contributed by atoms with Crippen LogP contribution in [0.3, 0.4) is 0 Å². The van der Waals surface area contributed by atoms with E-state index in [-0.39, 0.29) is 0 Å². The summed E-state index contributed by atoms with van der Waals surface area (Å²) in [5.41, 5.74) is 5.56. The minimum Gasteiger partial charge on any atom is -0.378 e. The monoisotopic (exact) mass is 235 g/mol. The zero-order valence-corrected chi connectivity index (χ0v) is 9.85. The van der Waals surface area contributed by atoms with Crippen molar-refractivity contribution in [3.63, 3.8) is 0 Å². The fraction of sp³-hybridized carbons (Fsp3) is 0.500. The molecule has 2 heterocycles. The lowest BCUT2D eigenvalue weighted by atomic mass is 10.0. The van der Waals surface area contributed by atoms with E-state index in [9.17, 15) is 4.79 Å². The van der Waals surface area contributed by atoms with E-state index >= 15 is 0 Å². The Bertz CT molecular complexity index is 391. The van der Waals surface area contributed by atoms with Gasteiger partial charge in [-0.25, -0.2) is 4.98 Å². The molecule has 1 aliphatic rings. The topological polar surface area (TPSA) is 77.2 Å². The number of nitrogens with one attached hydrogen (secondary N) is 1. The molecule has 5 nitrogen and oxygen atoms in total. The average Bonchev–Trinajstić information content (AvgIpc) is 2.73. The second-order valence-corrected chi connectivity index (χ2v) is 4.30. The number of nitrogens with two attached hydrogens (primary N) is 1. The molecule has 0 aromatic carbocycles. The minimum atomic E-state index is -0.457. The fourth-order valence-corrected chi connectivity index (χ4v) is 1.92. The van der Waals surface area contributed by atoms with E-state index in [1.807, 2.05) is 0 Å². The van der Waals surface area contributed by atoms with E-state index in [1.54, 1.807) is 12.1 Å². The van der Waals surface area contributed by atoms with Crippen molar-refractivity contribution >= 4 is 11.7 Å². The Balaban J connectivity index is 1.88. The van der Waals surface area contributed by atoms with Crippen LogP contribution in [0.2, 0.25) is 0 Å². The lowest BCUT2D eigenvalue weighted by Crippen LogP contribution is -2.21. The molecule has 0 aliphatic carbocycles. The Morgan fingerprint density at radius 3 is 3.00 bits per heavy atom. The van der Waals surface area contributed by atoms with Gasteiger partial charge in [-0.1, -0.05) is 0 Å². The van der Waals surface area contributed by atoms with Gasteiger partial charge in [-0.2, -0.15) is 0 Å². The molecule has 0 radical (unpaired) electrons. The molecule has 2 unspecified atom stereocenters. The molecular weight excluding hydrogens is 218 g/mol. The largest absolute Gasteiger partial charge is 0.378 e. The van der Waals surface area contributed by atoms with Gasteiger partial charge in [0, 0.05) is 25.3 Å². The summed E-state index contributed by atoms with van der Waals surface area (Å²) in [6.45, 7) is 3.76. The summed E-state index contributed by atoms with van der Waals surface area (Å²) in [5.74, 6) is 0.823. The highest BCUT2D eigenvalue weighted by atomic mass is 16.5. The summed E-state index contributed by atoms with van der Waals surface area (Å²) in [6.07, 6.45) is 2.86. The number of aromatic nitrogens is 1. The molecule has 1 fully saturated rings. The van der Waals surface area contributed by atoms with Crippen molar-refractivity contribution in [2.75, 3.05) is 18.5 Å². The van der Waals surface area contributed by atoms with Gasteiger partial charge in [-0.05, 0) is 25.5 Å². The maximum atomic E-state index is 10.9. The number of pyridine rings is 1. The van der Waals surface area contributed by atoms with E-state index in [0.717, 1.165) is 25.4 Å². The maximum Gasteiger partial charge on any atom is 0.250 e. The maximum absolute atomic E-state index is 10.9. The number of hydrogen-bond acceptors (Lipinski definition) is 4. The number of nitrogens with zero attached hydrogens (tertiary/aromatic N) is 1. The molecule has 1 aromatic rings. The van der Waals surface area contributed by atoms with Gasteiger partial charge >= 0.3 is 0 Å². The van der Waals surface area contributed by atoms with Crippen LogP contribution in [0.1, 0.15) is 23.7 Å². The third kappa shape index (κ3) is 2.94. The number of amides is 1. The van der Waals surface area contributed by atoms with Crippen LogP contribution in [0, 0.1) is 5.92 Å². The van der Waals surface area contributed by atoms with Crippen molar-refractivity contribution in [2.45, 2.75) is 19.4 Å². The highest BCUT2D eigenvalue weighted by molar-refractivity contribution is 5.92. The van der Waals surface area contributed by atoms with Crippen LogP contribution >= 0.6 is 0 Å². The molecule has 0 saturated carbocycles. The van der Waals surface area contributed by atoms with Crippen LogP contribution in [-0.2, 0) is 4.74 Å². The summed E-state index contributed by atoms with van der Waals surface area (Å²) >= 11 is 0. The first-order chi connectivity index (χ1) is 8.16. The fourth-order valence-electron chi connectivity index (χ4n) is 1.92. The van der Waals surface area contributed by atoms with Gasteiger partial charge in [0.05, 0.1) is 11.7 Å². The summed E-state index contributed by atoms with van der Waals surface area (Å²) in [6, 6.07) is 3.44. The van der Waals surface area contributed by atoms with E-state index < -0.39 is 5.91 Å². The van der Waals surface area contributed by atoms with Gasteiger partial charge in [-0.3, -0.25) is 4.79 Å². The number of rotatable bonds is 4. The summed E-state index contributed by atoms with van der Waals surface area (Å²) in [5, 5.41) is 3.24. The van der Waals surface area contributed by atoms with Crippen LogP contribution in [0.25, 0.3) is 0 Å². The second-order valence-electron chi connectivity index (χ2n) is 4.30. The van der Waals surface area contributed by atoms with E-state index in [0.29, 0.717) is 17.6 Å². The zero-order chi connectivity index (χ0) is 12.3. The first-order valence-corrected chi connectivity index (χ1v) is 5.78. The predicted molar refractivity (Wildman–Crippen MR) is 64.8 cm³/mol. The number of anilines is 1. The van der Waals surface area contributed by atoms with Crippen molar-refractivity contribution in [1.29, 1.82) is 0 Å². The Kier molecular flexibility index (Phi) is 3.58. The molecule has 1 saturated heterocycles. The lowest BCUT2D eigenvalue weighted by Gasteiger charge is -2.15. The summed E-state index contributed by atoms with van der Waals surface area (Å²) in [4.78, 5) is 15.0. The molecule has 1 amide bonds. The van der Waals surface area contributed by atoms with Gasteiger partial charge < -0.3 is 15.8 Å². The Labute approximate surface area is 100 Å². The lowest BCUT2D eigenvalue weighted by molar-refractivity contribution is 0.1000. The Morgan fingerprint density at radius 2 is 2.47 bits per heavy atom. The first-order valence-electron chi connectivity index (χ1n) is 5.78. The van der Waals surface area contributed by atoms with Gasteiger partial charge in [0.1, 0.15) is 5.82 Å². The van der Waals surface area contributed by atoms with E-state index in [4.69, 9.17) is 10.5 Å². The molecule has 1 aliphatic heterocycles. The molecule has 2 atom stereocenters. The number of carbonyl (C=O) groups is 1. The van der Waals surface area contributed by atoms with Crippen molar-refractivity contribution in [2.24, 2.45) is 11.7 Å². The summed E-state index contributed by atoms with van der Waals surface area (Å²) in [7, 11) is 0. The minimum absolute atomic E-state index is 0.299. The molecule has 5 heteroatoms. The normalized spacial score (nSPS) is 23.6. The predicted octanol–water partition coefficient (Wildman–Crippen LogP) is 1.02. The highest BCUT2D eigenvalue weighted by Gasteiger charge is 2.23. The number of carbonyl (C=O) groups excluding carboxylic acids is 1. The second kappa shape index (κ2) is 5.14. The third-order valence-electron chi connectivity index (χ3n) is 3.13. The van der Waals surface area contributed by atoms with Gasteiger partial charge in [-0.15, -0.1) is 0 Å². The average molecular weight is 235 g/mol. The smallest absolute Gasteiger partial charge is 0.250 e. The molecule has 2 rings (SSSR count). The zero-order valence-electron chi connectivity index (χ0n) is 9.85. The number of hydrogen-bond donors (Lipinski definition) is 2. The van der Waals surface area contributed by atoms with Crippen molar-refractivity contribution in [3.8, 4) is 0 Å². The van der Waals surface area contributed by atoms with Gasteiger partial charge in [0.15, 0.2) is 0 Å². The SMILES string of the molecule is CC1OCCC1CNc1ccc(C(N)=O)cn1. The molecule has 0 bridgehead atoms. The van der Waals surface area contributed by atoms with Crippen molar-refractivity contribution < 1.29 is 9.53 Å². The molecule has 17 heavy (non-hydrogen) atoms. The highest BCUT2D eigenvalue weighted by Crippen LogP contribution is 2.20. The van der Waals surface area contributed by atoms with Gasteiger partial charge in [0.25, 0.3) is 0 Å². The quantitative estimate of drug-likeness (QED) is 0.816. The van der Waals surface area contributed by atoms with Crippen LogP contribution < -0.4 is 11.1 Å². The Morgan fingerprint density at radius 1 is 1.65 bits per heavy atom. The van der Waals surface area contributed by atoms with Crippen LogP contribution in [0.5, 0.6) is 0 Å². The van der Waals surface area contributed by atoms with Gasteiger partial charge in [0.2, 0.25) is 5.91 Å². The molecule has 0 spiro atoms. The van der Waals surface area contributed by atoms with Crippen LogP contribution in [-0.4, -0.2) is 30.1 Å². The number of ether oxygens (including phenoxy) is 1. The summed E-state index contributed by atoms with van der Waals surface area (Å²) < 4.78 is 5.48. The molecular formula is C12H17N3O2. The molecule has 3 N–H and O–H groups in total. The molecule has 1 aromatic heterocycles. The van der Waals surface area contributed by atoms with Crippen LogP contribution in [0.4, 0.5) is 5.82 Å². The van der Waals surface area contributed by atoms with Crippen molar-refractivity contribution in [1.82, 2.24) is 4.98 Å². The third-order valence-corrected chi connectivity index (χ3v) is 3.13. The van der Waals surface area contributed by atoms with E-state index in [2.05, 4.69) is 17.2 Å².